The molecule has 0 fully saturated rings. The number of hydrogen-bond donors (Lipinski definition) is 6. The minimum absolute atomic E-state index is 0.221. The number of hydrazine groups is 1. The Morgan fingerprint density at radius 2 is 0.935 bits per heavy atom. The van der Waals surface area contributed by atoms with Crippen LogP contribution in [-0.4, -0.2) is 48.6 Å². The van der Waals surface area contributed by atoms with Gasteiger partial charge in [-0.15, -0.1) is 0 Å². The van der Waals surface area contributed by atoms with Crippen LogP contribution < -0.4 is 26.7 Å². The summed E-state index contributed by atoms with van der Waals surface area (Å²) < 4.78 is 0. The lowest BCUT2D eigenvalue weighted by molar-refractivity contribution is -0.525. The van der Waals surface area contributed by atoms with Gasteiger partial charge < -0.3 is 21.3 Å². The molecule has 0 heterocycles. The Morgan fingerprint density at radius 3 is 1.35 bits per heavy atom. The van der Waals surface area contributed by atoms with E-state index in [2.05, 4.69) is 35.1 Å². The van der Waals surface area contributed by atoms with Crippen LogP contribution in [0.5, 0.6) is 0 Å². The highest BCUT2D eigenvalue weighted by atomic mass is 16.7. The highest BCUT2D eigenvalue weighted by Gasteiger charge is 2.20. The molecular weight excluding hydrogens is 582 g/mol. The average Bonchev–Trinajstić information content (AvgIpc) is 3.02. The fourth-order valence-corrected chi connectivity index (χ4v) is 5.60. The minimum atomic E-state index is -0.802. The zero-order valence-electron chi connectivity index (χ0n) is 29.7. The number of nitro groups is 1. The van der Waals surface area contributed by atoms with Crippen molar-refractivity contribution in [2.24, 2.45) is 0 Å². The fraction of sp³-hybridized carbons (Fsp3) is 0.914. The van der Waals surface area contributed by atoms with E-state index in [4.69, 9.17) is 5.41 Å². The molecule has 0 aromatic heterocycles. The third-order valence-electron chi connectivity index (χ3n) is 8.44. The third-order valence-corrected chi connectivity index (χ3v) is 8.44. The standard InChI is InChI=1S/C35H71N7O4/c1-3-5-7-9-11-13-15-16-17-18-20-22-24-26-30-39-35(44)40-32(28-27-31-38-34(36)41-42(45)46)33(43)37-29-25-23-21-19-14-12-10-8-6-4-2/h32H,3-31H2,1-2H3,(H,37,43)(H3,36,38,41)(H2,39,40,44)/t32-/m1/s1. The summed E-state index contributed by atoms with van der Waals surface area (Å²) in [6, 6.07) is -1.07. The molecule has 0 saturated heterocycles. The Bertz CT molecular complexity index is 754. The zero-order valence-corrected chi connectivity index (χ0v) is 29.7. The van der Waals surface area contributed by atoms with Gasteiger partial charge in [-0.05, 0) is 25.7 Å². The summed E-state index contributed by atoms with van der Waals surface area (Å²) in [5.74, 6) is -0.633. The maximum atomic E-state index is 12.9. The van der Waals surface area contributed by atoms with E-state index in [1.807, 2.05) is 0 Å². The number of hydrogen-bond acceptors (Lipinski definition) is 5. The first-order chi connectivity index (χ1) is 22.4. The zero-order chi connectivity index (χ0) is 33.9. The summed E-state index contributed by atoms with van der Waals surface area (Å²) in [5, 5.41) is 28.4. The van der Waals surface area contributed by atoms with Gasteiger partial charge in [0.2, 0.25) is 5.91 Å². The average molecular weight is 654 g/mol. The van der Waals surface area contributed by atoms with Gasteiger partial charge in [-0.2, -0.15) is 0 Å². The van der Waals surface area contributed by atoms with Crippen molar-refractivity contribution in [1.82, 2.24) is 26.7 Å². The second-order valence-corrected chi connectivity index (χ2v) is 12.8. The number of nitrogens with one attached hydrogen (secondary N) is 6. The van der Waals surface area contributed by atoms with E-state index in [0.717, 1.165) is 25.7 Å². The van der Waals surface area contributed by atoms with E-state index in [9.17, 15) is 19.7 Å². The Morgan fingerprint density at radius 1 is 0.565 bits per heavy atom. The Labute approximate surface area is 281 Å². The van der Waals surface area contributed by atoms with Gasteiger partial charge >= 0.3 is 6.03 Å². The van der Waals surface area contributed by atoms with Crippen LogP contribution >= 0.6 is 0 Å². The van der Waals surface area contributed by atoms with Gasteiger partial charge in [0.1, 0.15) is 6.04 Å². The Balaban J connectivity index is 4.18. The van der Waals surface area contributed by atoms with Crippen molar-refractivity contribution >= 4 is 17.9 Å². The van der Waals surface area contributed by atoms with Crippen molar-refractivity contribution in [1.29, 1.82) is 5.41 Å². The molecule has 0 spiro atoms. The summed E-state index contributed by atoms with van der Waals surface area (Å²) >= 11 is 0. The lowest BCUT2D eigenvalue weighted by Crippen LogP contribution is -2.50. The quantitative estimate of drug-likeness (QED) is 0.0137. The van der Waals surface area contributed by atoms with Gasteiger partial charge in [0.25, 0.3) is 5.96 Å². The van der Waals surface area contributed by atoms with Gasteiger partial charge in [0, 0.05) is 19.6 Å². The number of carbonyl (C=O) groups is 2. The van der Waals surface area contributed by atoms with Crippen molar-refractivity contribution < 1.29 is 14.6 Å². The summed E-state index contributed by atoms with van der Waals surface area (Å²) in [6.45, 7) is 5.91. The maximum Gasteiger partial charge on any atom is 0.315 e. The Kier molecular flexibility index (Phi) is 31.9. The first kappa shape index (κ1) is 43.4. The summed E-state index contributed by atoms with van der Waals surface area (Å²) in [6.07, 6.45) is 31.0. The van der Waals surface area contributed by atoms with Crippen LogP contribution in [0.4, 0.5) is 4.79 Å². The molecule has 0 aromatic carbocycles. The minimum Gasteiger partial charge on any atom is -0.354 e. The van der Waals surface area contributed by atoms with Gasteiger partial charge in [0.05, 0.1) is 0 Å². The molecule has 0 aliphatic heterocycles. The molecule has 0 rings (SSSR count). The van der Waals surface area contributed by atoms with E-state index in [1.165, 1.54) is 128 Å². The van der Waals surface area contributed by atoms with Crippen molar-refractivity contribution in [2.45, 2.75) is 187 Å². The lowest BCUT2D eigenvalue weighted by Gasteiger charge is -2.19. The largest absolute Gasteiger partial charge is 0.354 e. The second kappa shape index (κ2) is 33.8. The molecule has 270 valence electrons. The molecule has 11 heteroatoms. The monoisotopic (exact) mass is 654 g/mol. The van der Waals surface area contributed by atoms with Gasteiger partial charge in [-0.25, -0.2) is 14.9 Å². The molecular formula is C35H71N7O4. The number of nitrogens with zero attached hydrogens (tertiary/aromatic N) is 1. The highest BCUT2D eigenvalue weighted by Crippen LogP contribution is 2.13. The van der Waals surface area contributed by atoms with Crippen LogP contribution in [0.15, 0.2) is 0 Å². The molecule has 0 saturated carbocycles. The van der Waals surface area contributed by atoms with Crippen molar-refractivity contribution in [3.8, 4) is 0 Å². The molecule has 11 nitrogen and oxygen atoms in total. The van der Waals surface area contributed by atoms with Crippen molar-refractivity contribution in [3.05, 3.63) is 10.1 Å². The van der Waals surface area contributed by atoms with E-state index in [-0.39, 0.29) is 18.5 Å². The Hall–Kier alpha value is -2.59. The fourth-order valence-electron chi connectivity index (χ4n) is 5.60. The van der Waals surface area contributed by atoms with E-state index in [0.29, 0.717) is 25.9 Å². The number of amides is 3. The number of carbonyl (C=O) groups excluding carboxylic acids is 2. The molecule has 6 N–H and O–H groups in total. The van der Waals surface area contributed by atoms with Crippen LogP contribution in [0.25, 0.3) is 0 Å². The first-order valence-corrected chi connectivity index (χ1v) is 19.0. The van der Waals surface area contributed by atoms with Gasteiger partial charge in [0.15, 0.2) is 5.03 Å². The smallest absolute Gasteiger partial charge is 0.315 e. The highest BCUT2D eigenvalue weighted by molar-refractivity contribution is 5.87. The van der Waals surface area contributed by atoms with Gasteiger partial charge in [-0.3, -0.25) is 10.2 Å². The lowest BCUT2D eigenvalue weighted by atomic mass is 10.0. The summed E-state index contributed by atoms with van der Waals surface area (Å²) in [5.41, 5.74) is 1.75. The topological polar surface area (TPSA) is 161 Å². The second-order valence-electron chi connectivity index (χ2n) is 12.8. The third kappa shape index (κ3) is 31.4. The molecule has 0 unspecified atom stereocenters. The maximum absolute atomic E-state index is 12.9. The van der Waals surface area contributed by atoms with E-state index >= 15 is 0 Å². The van der Waals surface area contributed by atoms with Crippen LogP contribution in [0.2, 0.25) is 0 Å². The predicted octanol–water partition coefficient (Wildman–Crippen LogP) is 8.26. The van der Waals surface area contributed by atoms with Crippen LogP contribution in [0.3, 0.4) is 0 Å². The molecule has 0 aliphatic carbocycles. The number of guanidine groups is 1. The number of unbranched alkanes of at least 4 members (excludes halogenated alkanes) is 22. The molecule has 0 aliphatic rings. The predicted molar refractivity (Wildman–Crippen MR) is 191 cm³/mol. The molecule has 0 radical (unpaired) electrons. The molecule has 46 heavy (non-hydrogen) atoms. The molecule has 0 bridgehead atoms. The van der Waals surface area contributed by atoms with Crippen LogP contribution in [0.1, 0.15) is 181 Å². The van der Waals surface area contributed by atoms with Crippen LogP contribution in [0, 0.1) is 15.5 Å². The van der Waals surface area contributed by atoms with E-state index < -0.39 is 17.0 Å². The molecule has 0 aromatic rings. The summed E-state index contributed by atoms with van der Waals surface area (Å²) in [4.78, 5) is 35.9. The number of rotatable bonds is 33. The van der Waals surface area contributed by atoms with Crippen molar-refractivity contribution in [3.63, 3.8) is 0 Å². The molecule has 3 amide bonds. The normalized spacial score (nSPS) is 11.5. The van der Waals surface area contributed by atoms with Crippen molar-refractivity contribution in [2.75, 3.05) is 19.6 Å². The summed E-state index contributed by atoms with van der Waals surface area (Å²) in [7, 11) is 0. The van der Waals surface area contributed by atoms with Crippen LogP contribution in [-0.2, 0) is 4.79 Å². The van der Waals surface area contributed by atoms with Gasteiger partial charge in [-0.1, -0.05) is 161 Å². The SMILES string of the molecule is CCCCCCCCCCCCCCCCNC(=O)N[C@H](CCCNC(=N)N[N+](=O)[O-])C(=O)NCCCCCCCCCCCC. The number of urea groups is 1. The molecule has 1 atom stereocenters. The van der Waals surface area contributed by atoms with E-state index in [1.54, 1.807) is 5.43 Å². The first-order valence-electron chi connectivity index (χ1n) is 19.0.